The van der Waals surface area contributed by atoms with Gasteiger partial charge in [0.2, 0.25) is 0 Å². The molecule has 0 bridgehead atoms. The summed E-state index contributed by atoms with van der Waals surface area (Å²) in [7, 11) is 0. The van der Waals surface area contributed by atoms with Crippen molar-refractivity contribution in [3.05, 3.63) is 0 Å². The van der Waals surface area contributed by atoms with Crippen LogP contribution in [0, 0.1) is 0 Å². The SMILES string of the molecule is CCCCCCCCCCCCCCCCCC(=O)OC(=O)C(O)C(O)C(=O)O.[NaH].[NaH]. The predicted octanol–water partition coefficient (Wildman–Crippen LogP) is 2.83. The zero-order valence-corrected chi connectivity index (χ0v) is 17.9. The van der Waals surface area contributed by atoms with E-state index in [-0.39, 0.29) is 65.5 Å². The van der Waals surface area contributed by atoms with E-state index < -0.39 is 30.1 Å². The number of aliphatic carboxylic acids is 1. The fraction of sp³-hybridized carbons (Fsp3) is 0.864. The van der Waals surface area contributed by atoms with Gasteiger partial charge >= 0.3 is 77.0 Å². The molecule has 0 aliphatic carbocycles. The number of rotatable bonds is 19. The summed E-state index contributed by atoms with van der Waals surface area (Å²) in [5.74, 6) is -4.02. The zero-order valence-electron chi connectivity index (χ0n) is 17.9. The maximum atomic E-state index is 11.5. The van der Waals surface area contributed by atoms with Crippen molar-refractivity contribution in [3.63, 3.8) is 0 Å². The fourth-order valence-corrected chi connectivity index (χ4v) is 3.13. The Morgan fingerprint density at radius 1 is 0.645 bits per heavy atom. The maximum absolute atomic E-state index is 11.5. The minimum absolute atomic E-state index is 0. The second-order valence-electron chi connectivity index (χ2n) is 7.72. The number of carbonyl (C=O) groups excluding carboxylic acids is 2. The first-order chi connectivity index (χ1) is 13.9. The second-order valence-corrected chi connectivity index (χ2v) is 7.72. The third-order valence-corrected chi connectivity index (χ3v) is 4.99. The third-order valence-electron chi connectivity index (χ3n) is 4.99. The second kappa shape index (κ2) is 25.2. The standard InChI is InChI=1S/C22H40O7.2Na.2H/c1-2-3-4-5-6-7-8-9-10-11-12-13-14-15-16-17-18(23)29-22(28)20(25)19(24)21(26)27;;;;/h19-20,24-25H,2-17H2,1H3,(H,26,27);;;;. The summed E-state index contributed by atoms with van der Waals surface area (Å²) in [6.45, 7) is 2.24. The Labute approximate surface area is 231 Å². The Hall–Kier alpha value is 0.530. The minimum atomic E-state index is -2.30. The van der Waals surface area contributed by atoms with Gasteiger partial charge in [0.1, 0.15) is 0 Å². The van der Waals surface area contributed by atoms with Crippen molar-refractivity contribution >= 4 is 77.0 Å². The van der Waals surface area contributed by atoms with Crippen LogP contribution < -0.4 is 0 Å². The molecule has 0 aliphatic rings. The Bertz CT molecular complexity index is 461. The van der Waals surface area contributed by atoms with Crippen LogP contribution in [0.1, 0.15) is 110 Å². The first kappa shape index (κ1) is 36.1. The van der Waals surface area contributed by atoms with Gasteiger partial charge in [-0.2, -0.15) is 0 Å². The van der Waals surface area contributed by atoms with E-state index in [1.807, 2.05) is 0 Å². The van der Waals surface area contributed by atoms with Crippen molar-refractivity contribution in [2.24, 2.45) is 0 Å². The Morgan fingerprint density at radius 2 is 1.00 bits per heavy atom. The van der Waals surface area contributed by atoms with Crippen molar-refractivity contribution in [3.8, 4) is 0 Å². The topological polar surface area (TPSA) is 121 Å². The van der Waals surface area contributed by atoms with E-state index >= 15 is 0 Å². The average molecular weight is 465 g/mol. The number of ether oxygens (including phenoxy) is 1. The van der Waals surface area contributed by atoms with Crippen LogP contribution in [0.15, 0.2) is 0 Å². The number of carbonyl (C=O) groups is 3. The molecule has 0 heterocycles. The molecule has 0 saturated carbocycles. The molecule has 0 aromatic carbocycles. The van der Waals surface area contributed by atoms with Crippen LogP contribution in [0.3, 0.4) is 0 Å². The van der Waals surface area contributed by atoms with Crippen molar-refractivity contribution < 1.29 is 34.4 Å². The summed E-state index contributed by atoms with van der Waals surface area (Å²) in [5, 5.41) is 26.8. The summed E-state index contributed by atoms with van der Waals surface area (Å²) < 4.78 is 4.35. The van der Waals surface area contributed by atoms with Gasteiger partial charge in [-0.15, -0.1) is 0 Å². The van der Waals surface area contributed by atoms with Gasteiger partial charge in [-0.1, -0.05) is 96.8 Å². The summed E-state index contributed by atoms with van der Waals surface area (Å²) in [6.07, 6.45) is 13.5. The molecule has 0 aromatic heterocycles. The number of hydrogen-bond acceptors (Lipinski definition) is 6. The third kappa shape index (κ3) is 22.1. The van der Waals surface area contributed by atoms with Gasteiger partial charge in [0, 0.05) is 6.42 Å². The molecule has 0 aromatic rings. The van der Waals surface area contributed by atoms with E-state index in [0.29, 0.717) is 6.42 Å². The molecular formula is C22H42Na2O7. The number of esters is 2. The van der Waals surface area contributed by atoms with Gasteiger partial charge < -0.3 is 20.1 Å². The summed E-state index contributed by atoms with van der Waals surface area (Å²) in [5.41, 5.74) is 0. The average Bonchev–Trinajstić information content (AvgIpc) is 2.69. The molecule has 0 fully saturated rings. The molecule has 0 amide bonds. The Balaban J connectivity index is -0.00000392. The van der Waals surface area contributed by atoms with Crippen molar-refractivity contribution in [2.75, 3.05) is 0 Å². The first-order valence-corrected chi connectivity index (χ1v) is 11.2. The van der Waals surface area contributed by atoms with Crippen LogP contribution in [0.5, 0.6) is 0 Å². The first-order valence-electron chi connectivity index (χ1n) is 11.2. The fourth-order valence-electron chi connectivity index (χ4n) is 3.13. The number of carboxylic acid groups (broad SMARTS) is 1. The van der Waals surface area contributed by atoms with Crippen LogP contribution in [0.2, 0.25) is 0 Å². The Morgan fingerprint density at radius 3 is 1.35 bits per heavy atom. The number of unbranched alkanes of at least 4 members (excludes halogenated alkanes) is 14. The van der Waals surface area contributed by atoms with E-state index in [1.165, 1.54) is 70.6 Å². The molecule has 174 valence electrons. The molecule has 0 saturated heterocycles. The van der Waals surface area contributed by atoms with Crippen molar-refractivity contribution in [2.45, 2.75) is 122 Å². The zero-order chi connectivity index (χ0) is 21.9. The molecule has 9 heteroatoms. The molecule has 0 radical (unpaired) electrons. The van der Waals surface area contributed by atoms with Crippen LogP contribution in [0.4, 0.5) is 0 Å². The summed E-state index contributed by atoms with van der Waals surface area (Å²) in [4.78, 5) is 33.3. The van der Waals surface area contributed by atoms with Gasteiger partial charge in [-0.05, 0) is 6.42 Å². The number of hydrogen-bond donors (Lipinski definition) is 3. The molecule has 31 heavy (non-hydrogen) atoms. The molecule has 3 N–H and O–H groups in total. The number of aliphatic hydroxyl groups is 2. The molecule has 2 atom stereocenters. The van der Waals surface area contributed by atoms with Crippen LogP contribution >= 0.6 is 0 Å². The van der Waals surface area contributed by atoms with Gasteiger partial charge in [-0.25, -0.2) is 9.59 Å². The predicted molar refractivity (Wildman–Crippen MR) is 125 cm³/mol. The normalized spacial score (nSPS) is 12.2. The molecular weight excluding hydrogens is 422 g/mol. The molecule has 0 aliphatic heterocycles. The summed E-state index contributed by atoms with van der Waals surface area (Å²) >= 11 is 0. The van der Waals surface area contributed by atoms with E-state index in [4.69, 9.17) is 10.2 Å². The number of aliphatic hydroxyl groups excluding tert-OH is 2. The van der Waals surface area contributed by atoms with E-state index in [2.05, 4.69) is 11.7 Å². The van der Waals surface area contributed by atoms with Gasteiger partial charge in [0.05, 0.1) is 0 Å². The van der Waals surface area contributed by atoms with Crippen LogP contribution in [0.25, 0.3) is 0 Å². The molecule has 0 rings (SSSR count). The number of carboxylic acids is 1. The Kier molecular flexibility index (Phi) is 29.3. The van der Waals surface area contributed by atoms with Gasteiger partial charge in [0.25, 0.3) is 0 Å². The van der Waals surface area contributed by atoms with E-state index in [1.54, 1.807) is 0 Å². The van der Waals surface area contributed by atoms with Gasteiger partial charge in [0.15, 0.2) is 12.2 Å². The van der Waals surface area contributed by atoms with Crippen LogP contribution in [-0.4, -0.2) is 105 Å². The van der Waals surface area contributed by atoms with Crippen molar-refractivity contribution in [1.29, 1.82) is 0 Å². The quantitative estimate of drug-likeness (QED) is 0.116. The van der Waals surface area contributed by atoms with Crippen molar-refractivity contribution in [1.82, 2.24) is 0 Å². The molecule has 0 spiro atoms. The van der Waals surface area contributed by atoms with E-state index in [9.17, 15) is 19.5 Å². The molecule has 2 unspecified atom stereocenters. The monoisotopic (exact) mass is 464 g/mol. The van der Waals surface area contributed by atoms with E-state index in [0.717, 1.165) is 19.3 Å². The molecule has 7 nitrogen and oxygen atoms in total. The van der Waals surface area contributed by atoms with Crippen LogP contribution in [-0.2, 0) is 19.1 Å². The summed E-state index contributed by atoms with van der Waals surface area (Å²) in [6, 6.07) is 0. The van der Waals surface area contributed by atoms with Gasteiger partial charge in [-0.3, -0.25) is 4.79 Å².